The molecular formula is C21H21ClFN3O5S. The molecule has 0 fully saturated rings. The normalized spacial score (nSPS) is 15.6. The number of imide groups is 1. The van der Waals surface area contributed by atoms with Crippen LogP contribution in [0.4, 0.5) is 14.9 Å². The highest BCUT2D eigenvalue weighted by Gasteiger charge is 2.40. The van der Waals surface area contributed by atoms with Crippen molar-refractivity contribution in [3.8, 4) is 0 Å². The van der Waals surface area contributed by atoms with E-state index in [1.165, 1.54) is 11.3 Å². The number of benzene rings is 1. The lowest BCUT2D eigenvalue weighted by Crippen LogP contribution is -2.38. The number of thiophene rings is 1. The Morgan fingerprint density at radius 1 is 1.28 bits per heavy atom. The Kier molecular flexibility index (Phi) is 7.17. The fraction of sp³-hybridized carbons (Fsp3) is 0.286. The molecule has 170 valence electrons. The van der Waals surface area contributed by atoms with Crippen molar-refractivity contribution < 1.29 is 28.2 Å². The first-order chi connectivity index (χ1) is 15.1. The van der Waals surface area contributed by atoms with Crippen LogP contribution in [0.5, 0.6) is 0 Å². The van der Waals surface area contributed by atoms with E-state index in [1.807, 2.05) is 13.8 Å². The van der Waals surface area contributed by atoms with Gasteiger partial charge in [0.15, 0.2) is 5.76 Å². The number of carbonyl (C=O) groups is 3. The number of anilines is 1. The minimum atomic E-state index is -1.06. The first-order valence-corrected chi connectivity index (χ1v) is 10.8. The standard InChI is InChI=1S/C21H21ClFN3O5S/c1-10(2)6-14(24)20(28)31-9-30-18(16-4-3-5-32-16)17-11-7-13(23)12(22)8-15(11)26(19(17)27)21(25)29/h3-5,7-8,10,14H,6,9,24H2,1-2H3,(H2,25,29)/b18-17+. The zero-order valence-electron chi connectivity index (χ0n) is 17.3. The van der Waals surface area contributed by atoms with E-state index in [4.69, 9.17) is 32.5 Å². The third kappa shape index (κ3) is 4.77. The van der Waals surface area contributed by atoms with Gasteiger partial charge in [0.2, 0.25) is 6.79 Å². The van der Waals surface area contributed by atoms with Crippen LogP contribution < -0.4 is 16.4 Å². The summed E-state index contributed by atoms with van der Waals surface area (Å²) in [5.41, 5.74) is 11.2. The predicted octanol–water partition coefficient (Wildman–Crippen LogP) is 3.72. The summed E-state index contributed by atoms with van der Waals surface area (Å²) in [7, 11) is 0. The van der Waals surface area contributed by atoms with Crippen LogP contribution in [0.3, 0.4) is 0 Å². The van der Waals surface area contributed by atoms with Crippen molar-refractivity contribution in [3.63, 3.8) is 0 Å². The molecule has 2 heterocycles. The summed E-state index contributed by atoms with van der Waals surface area (Å²) in [6.45, 7) is 3.29. The van der Waals surface area contributed by atoms with Crippen LogP contribution in [0, 0.1) is 11.7 Å². The van der Waals surface area contributed by atoms with Crippen molar-refractivity contribution >= 4 is 57.9 Å². The molecule has 0 saturated heterocycles. The summed E-state index contributed by atoms with van der Waals surface area (Å²) in [5.74, 6) is -2.08. The Hall–Kier alpha value is -2.95. The molecule has 32 heavy (non-hydrogen) atoms. The lowest BCUT2D eigenvalue weighted by Gasteiger charge is -2.16. The molecule has 1 unspecified atom stereocenters. The third-order valence-corrected chi connectivity index (χ3v) is 5.75. The van der Waals surface area contributed by atoms with Crippen LogP contribution >= 0.6 is 22.9 Å². The predicted molar refractivity (Wildman–Crippen MR) is 119 cm³/mol. The summed E-state index contributed by atoms with van der Waals surface area (Å²) in [6.07, 6.45) is 0.428. The van der Waals surface area contributed by atoms with Gasteiger partial charge in [-0.3, -0.25) is 9.59 Å². The van der Waals surface area contributed by atoms with Gasteiger partial charge >= 0.3 is 12.0 Å². The number of primary amides is 1. The molecule has 1 aliphatic rings. The molecule has 0 radical (unpaired) electrons. The molecule has 2 aromatic rings. The van der Waals surface area contributed by atoms with Crippen LogP contribution in [0.25, 0.3) is 11.3 Å². The smallest absolute Gasteiger partial charge is 0.326 e. The Balaban J connectivity index is 1.99. The lowest BCUT2D eigenvalue weighted by atomic mass is 10.0. The monoisotopic (exact) mass is 481 g/mol. The minimum Gasteiger partial charge on any atom is -0.455 e. The summed E-state index contributed by atoms with van der Waals surface area (Å²) in [5, 5.41) is 1.45. The molecular weight excluding hydrogens is 461 g/mol. The number of halogens is 2. The number of amides is 3. The Bertz CT molecular complexity index is 1090. The zero-order valence-corrected chi connectivity index (χ0v) is 18.8. The van der Waals surface area contributed by atoms with E-state index in [2.05, 4.69) is 0 Å². The third-order valence-electron chi connectivity index (χ3n) is 4.59. The van der Waals surface area contributed by atoms with Crippen molar-refractivity contribution in [2.45, 2.75) is 26.3 Å². The van der Waals surface area contributed by atoms with Crippen LogP contribution in [-0.4, -0.2) is 30.7 Å². The Morgan fingerprint density at radius 3 is 2.59 bits per heavy atom. The fourth-order valence-electron chi connectivity index (χ4n) is 3.23. The molecule has 3 rings (SSSR count). The van der Waals surface area contributed by atoms with E-state index in [9.17, 15) is 18.8 Å². The van der Waals surface area contributed by atoms with Gasteiger partial charge in [-0.05, 0) is 35.9 Å². The number of fused-ring (bicyclic) bond motifs is 1. The Morgan fingerprint density at radius 2 is 2.00 bits per heavy atom. The van der Waals surface area contributed by atoms with E-state index in [1.54, 1.807) is 17.5 Å². The quantitative estimate of drug-likeness (QED) is 0.269. The number of hydrogen-bond donors (Lipinski definition) is 2. The van der Waals surface area contributed by atoms with Gasteiger partial charge in [-0.15, -0.1) is 11.3 Å². The van der Waals surface area contributed by atoms with E-state index in [-0.39, 0.29) is 33.5 Å². The average molecular weight is 482 g/mol. The van der Waals surface area contributed by atoms with Crippen LogP contribution in [-0.2, 0) is 19.1 Å². The topological polar surface area (TPSA) is 125 Å². The minimum absolute atomic E-state index is 0.00181. The number of nitrogens with zero attached hydrogens (tertiary/aromatic N) is 1. The number of rotatable bonds is 7. The molecule has 1 atom stereocenters. The highest BCUT2D eigenvalue weighted by molar-refractivity contribution is 7.11. The van der Waals surface area contributed by atoms with Crippen molar-refractivity contribution in [1.29, 1.82) is 0 Å². The van der Waals surface area contributed by atoms with Crippen LogP contribution in [0.15, 0.2) is 29.6 Å². The van der Waals surface area contributed by atoms with Crippen molar-refractivity contribution in [2.75, 3.05) is 11.7 Å². The molecule has 0 bridgehead atoms. The summed E-state index contributed by atoms with van der Waals surface area (Å²) < 4.78 is 25.0. The van der Waals surface area contributed by atoms with E-state index in [0.29, 0.717) is 16.2 Å². The zero-order chi connectivity index (χ0) is 23.6. The molecule has 4 N–H and O–H groups in total. The van der Waals surface area contributed by atoms with E-state index in [0.717, 1.165) is 12.1 Å². The van der Waals surface area contributed by atoms with Crippen molar-refractivity contribution in [3.05, 3.63) is 50.9 Å². The van der Waals surface area contributed by atoms with Crippen LogP contribution in [0.2, 0.25) is 5.02 Å². The molecule has 1 aliphatic heterocycles. The number of hydrogen-bond acceptors (Lipinski definition) is 7. The van der Waals surface area contributed by atoms with E-state index >= 15 is 0 Å². The fourth-order valence-corrected chi connectivity index (χ4v) is 4.11. The first kappa shape index (κ1) is 23.7. The van der Waals surface area contributed by atoms with Crippen molar-refractivity contribution in [1.82, 2.24) is 0 Å². The van der Waals surface area contributed by atoms with Gasteiger partial charge in [-0.2, -0.15) is 0 Å². The maximum atomic E-state index is 14.2. The van der Waals surface area contributed by atoms with Crippen LogP contribution in [0.1, 0.15) is 30.7 Å². The largest absolute Gasteiger partial charge is 0.455 e. The second kappa shape index (κ2) is 9.68. The number of nitrogens with two attached hydrogens (primary N) is 2. The van der Waals surface area contributed by atoms with Gasteiger partial charge in [-0.1, -0.05) is 31.5 Å². The maximum absolute atomic E-state index is 14.2. The highest BCUT2D eigenvalue weighted by Crippen LogP contribution is 2.43. The number of carbonyl (C=O) groups excluding carboxylic acids is 3. The van der Waals surface area contributed by atoms with Gasteiger partial charge in [0.05, 0.1) is 21.2 Å². The molecule has 0 spiro atoms. The molecule has 11 heteroatoms. The average Bonchev–Trinajstić information content (AvgIpc) is 3.32. The SMILES string of the molecule is CC(C)CC(N)C(=O)OCO/C(=C1/C(=O)N(C(N)=O)c2cc(Cl)c(F)cc21)c1cccs1. The van der Waals surface area contributed by atoms with Gasteiger partial charge in [0.25, 0.3) is 5.91 Å². The summed E-state index contributed by atoms with van der Waals surface area (Å²) in [6, 6.07) is 3.64. The van der Waals surface area contributed by atoms with Gasteiger partial charge in [0, 0.05) is 5.56 Å². The molecule has 0 saturated carbocycles. The second-order valence-corrected chi connectivity index (χ2v) is 8.76. The molecule has 1 aromatic heterocycles. The second-order valence-electron chi connectivity index (χ2n) is 7.41. The Labute approximate surface area is 192 Å². The highest BCUT2D eigenvalue weighted by atomic mass is 35.5. The maximum Gasteiger partial charge on any atom is 0.326 e. The molecule has 3 amide bonds. The van der Waals surface area contributed by atoms with Gasteiger partial charge in [0.1, 0.15) is 11.9 Å². The summed E-state index contributed by atoms with van der Waals surface area (Å²) in [4.78, 5) is 38.3. The number of esters is 1. The van der Waals surface area contributed by atoms with Crippen molar-refractivity contribution in [2.24, 2.45) is 17.4 Å². The number of urea groups is 1. The van der Waals surface area contributed by atoms with Gasteiger partial charge in [-0.25, -0.2) is 14.1 Å². The molecule has 1 aromatic carbocycles. The summed E-state index contributed by atoms with van der Waals surface area (Å²) >= 11 is 7.07. The first-order valence-electron chi connectivity index (χ1n) is 9.58. The lowest BCUT2D eigenvalue weighted by molar-refractivity contribution is -0.153. The van der Waals surface area contributed by atoms with E-state index < -0.39 is 36.6 Å². The molecule has 0 aliphatic carbocycles. The van der Waals surface area contributed by atoms with Gasteiger partial charge < -0.3 is 20.9 Å². The number of ether oxygens (including phenoxy) is 2. The molecule has 8 nitrogen and oxygen atoms in total.